The number of hydrogen-bond donors (Lipinski definition) is 1. The zero-order valence-corrected chi connectivity index (χ0v) is 10.1. The molecular weight excluding hydrogens is 257 g/mol. The lowest BCUT2D eigenvalue weighted by Crippen LogP contribution is -2.02. The van der Waals surface area contributed by atoms with Gasteiger partial charge in [-0.05, 0) is 5.56 Å². The zero-order chi connectivity index (χ0) is 13.8. The second-order valence-electron chi connectivity index (χ2n) is 3.82. The Morgan fingerprint density at radius 3 is 2.37 bits per heavy atom. The van der Waals surface area contributed by atoms with Crippen LogP contribution in [0.1, 0.15) is 5.56 Å². The highest BCUT2D eigenvalue weighted by Crippen LogP contribution is 2.18. The lowest BCUT2D eigenvalue weighted by atomic mass is 10.2. The number of halogens is 3. The minimum absolute atomic E-state index is 0.159. The molecule has 0 radical (unpaired) electrons. The Labute approximate surface area is 108 Å². The minimum atomic E-state index is -1.48. The van der Waals surface area contributed by atoms with E-state index in [1.54, 1.807) is 18.3 Å². The van der Waals surface area contributed by atoms with E-state index in [9.17, 15) is 13.2 Å². The summed E-state index contributed by atoms with van der Waals surface area (Å²) >= 11 is 0. The highest BCUT2D eigenvalue weighted by Gasteiger charge is 2.10. The summed E-state index contributed by atoms with van der Waals surface area (Å²) < 4.78 is 43.6. The molecule has 1 aromatic heterocycles. The Balaban J connectivity index is 2.05. The van der Waals surface area contributed by atoms with Crippen LogP contribution in [-0.4, -0.2) is 12.1 Å². The molecule has 3 nitrogen and oxygen atoms in total. The van der Waals surface area contributed by atoms with Crippen LogP contribution in [0.15, 0.2) is 30.5 Å². The summed E-state index contributed by atoms with van der Waals surface area (Å²) in [5.41, 5.74) is 0.957. The normalized spacial score (nSPS) is 10.3. The van der Waals surface area contributed by atoms with Crippen LogP contribution in [0.25, 0.3) is 0 Å². The average Bonchev–Trinajstić information content (AvgIpc) is 2.43. The maximum absolute atomic E-state index is 13.0. The van der Waals surface area contributed by atoms with Gasteiger partial charge in [0.1, 0.15) is 0 Å². The third kappa shape index (κ3) is 3.15. The van der Waals surface area contributed by atoms with Crippen LogP contribution >= 0.6 is 0 Å². The molecular formula is C13H11F3N2O. The van der Waals surface area contributed by atoms with Gasteiger partial charge < -0.3 is 10.1 Å². The van der Waals surface area contributed by atoms with E-state index in [1.165, 1.54) is 7.11 Å². The van der Waals surface area contributed by atoms with E-state index >= 15 is 0 Å². The Morgan fingerprint density at radius 1 is 1.16 bits per heavy atom. The molecule has 2 rings (SSSR count). The maximum atomic E-state index is 13.0. The number of hydrogen-bond acceptors (Lipinski definition) is 3. The van der Waals surface area contributed by atoms with Gasteiger partial charge in [0, 0.05) is 36.6 Å². The van der Waals surface area contributed by atoms with Crippen molar-refractivity contribution in [2.24, 2.45) is 0 Å². The van der Waals surface area contributed by atoms with Gasteiger partial charge in [-0.3, -0.25) is 0 Å². The Morgan fingerprint density at radius 2 is 1.84 bits per heavy atom. The molecule has 0 bridgehead atoms. The first kappa shape index (κ1) is 13.2. The van der Waals surface area contributed by atoms with Gasteiger partial charge in [0.2, 0.25) is 5.88 Å². The number of rotatable bonds is 4. The molecule has 0 unspecified atom stereocenters. The first-order valence-electron chi connectivity index (χ1n) is 5.47. The second kappa shape index (κ2) is 5.60. The van der Waals surface area contributed by atoms with Crippen molar-refractivity contribution in [1.29, 1.82) is 0 Å². The Hall–Kier alpha value is -2.24. The molecule has 1 aromatic carbocycles. The Kier molecular flexibility index (Phi) is 3.89. The highest BCUT2D eigenvalue weighted by atomic mass is 19.2. The number of anilines is 1. The fraction of sp³-hybridized carbons (Fsp3) is 0.154. The molecule has 100 valence electrons. The highest BCUT2D eigenvalue weighted by molar-refractivity contribution is 5.44. The molecule has 1 heterocycles. The maximum Gasteiger partial charge on any atom is 0.212 e. The van der Waals surface area contributed by atoms with Crippen LogP contribution in [0.5, 0.6) is 5.88 Å². The molecule has 6 heteroatoms. The van der Waals surface area contributed by atoms with E-state index in [1.807, 2.05) is 0 Å². The molecule has 19 heavy (non-hydrogen) atoms. The van der Waals surface area contributed by atoms with Gasteiger partial charge in [-0.15, -0.1) is 0 Å². The quantitative estimate of drug-likeness (QED) is 0.865. The van der Waals surface area contributed by atoms with Crippen LogP contribution in [0.3, 0.4) is 0 Å². The number of benzene rings is 1. The SMILES string of the molecule is COc1ccc(CNc2cc(F)c(F)c(F)c2)cn1. The molecule has 0 saturated carbocycles. The molecule has 2 aromatic rings. The van der Waals surface area contributed by atoms with Crippen LogP contribution < -0.4 is 10.1 Å². The second-order valence-corrected chi connectivity index (χ2v) is 3.82. The van der Waals surface area contributed by atoms with Crippen molar-refractivity contribution in [3.63, 3.8) is 0 Å². The zero-order valence-electron chi connectivity index (χ0n) is 10.1. The van der Waals surface area contributed by atoms with Crippen LogP contribution in [0, 0.1) is 17.5 Å². The summed E-state index contributed by atoms with van der Waals surface area (Å²) in [5, 5.41) is 2.78. The van der Waals surface area contributed by atoms with Gasteiger partial charge in [-0.2, -0.15) is 0 Å². The van der Waals surface area contributed by atoms with Crippen molar-refractivity contribution < 1.29 is 17.9 Å². The first-order valence-corrected chi connectivity index (χ1v) is 5.47. The number of aromatic nitrogens is 1. The van der Waals surface area contributed by atoms with Gasteiger partial charge >= 0.3 is 0 Å². The fourth-order valence-electron chi connectivity index (χ4n) is 1.50. The number of nitrogens with one attached hydrogen (secondary N) is 1. The minimum Gasteiger partial charge on any atom is -0.481 e. The van der Waals surface area contributed by atoms with Crippen LogP contribution in [0.2, 0.25) is 0 Å². The number of methoxy groups -OCH3 is 1. The number of ether oxygens (including phenoxy) is 1. The van der Waals surface area contributed by atoms with E-state index < -0.39 is 17.5 Å². The fourth-order valence-corrected chi connectivity index (χ4v) is 1.50. The van der Waals surface area contributed by atoms with Crippen molar-refractivity contribution in [2.75, 3.05) is 12.4 Å². The van der Waals surface area contributed by atoms with Gasteiger partial charge in [0.05, 0.1) is 7.11 Å². The topological polar surface area (TPSA) is 34.1 Å². The van der Waals surface area contributed by atoms with E-state index in [0.717, 1.165) is 17.7 Å². The third-order valence-electron chi connectivity index (χ3n) is 2.49. The van der Waals surface area contributed by atoms with E-state index in [4.69, 9.17) is 4.74 Å². The molecule has 1 N–H and O–H groups in total. The molecule has 0 aliphatic carbocycles. The summed E-state index contributed by atoms with van der Waals surface area (Å²) in [5.74, 6) is -3.45. The summed E-state index contributed by atoms with van der Waals surface area (Å²) in [6, 6.07) is 5.22. The predicted molar refractivity (Wildman–Crippen MR) is 64.4 cm³/mol. The summed E-state index contributed by atoms with van der Waals surface area (Å²) in [6.07, 6.45) is 1.57. The predicted octanol–water partition coefficient (Wildman–Crippen LogP) is 3.12. The van der Waals surface area contributed by atoms with E-state index in [-0.39, 0.29) is 5.69 Å². The summed E-state index contributed by atoms with van der Waals surface area (Å²) in [4.78, 5) is 3.99. The molecule has 0 amide bonds. The van der Waals surface area contributed by atoms with Crippen molar-refractivity contribution in [2.45, 2.75) is 6.54 Å². The molecule has 0 atom stereocenters. The standard InChI is InChI=1S/C13H11F3N2O/c1-19-12-3-2-8(7-18-12)6-17-9-4-10(14)13(16)11(15)5-9/h2-5,7,17H,6H2,1H3. The van der Waals surface area contributed by atoms with Crippen molar-refractivity contribution in [1.82, 2.24) is 4.98 Å². The van der Waals surface area contributed by atoms with E-state index in [2.05, 4.69) is 10.3 Å². The van der Waals surface area contributed by atoms with Crippen molar-refractivity contribution in [3.8, 4) is 5.88 Å². The average molecular weight is 268 g/mol. The molecule has 0 fully saturated rings. The summed E-state index contributed by atoms with van der Waals surface area (Å²) in [7, 11) is 1.50. The molecule has 0 aliphatic rings. The number of pyridine rings is 1. The summed E-state index contributed by atoms with van der Waals surface area (Å²) in [6.45, 7) is 0.307. The first-order chi connectivity index (χ1) is 9.10. The molecule has 0 saturated heterocycles. The van der Waals surface area contributed by atoms with Gasteiger partial charge in [0.25, 0.3) is 0 Å². The lowest BCUT2D eigenvalue weighted by Gasteiger charge is -2.07. The van der Waals surface area contributed by atoms with Gasteiger partial charge in [-0.25, -0.2) is 18.2 Å². The van der Waals surface area contributed by atoms with Gasteiger partial charge in [0.15, 0.2) is 17.5 Å². The molecule has 0 aliphatic heterocycles. The molecule has 0 spiro atoms. The smallest absolute Gasteiger partial charge is 0.212 e. The third-order valence-corrected chi connectivity index (χ3v) is 2.49. The van der Waals surface area contributed by atoms with Crippen molar-refractivity contribution >= 4 is 5.69 Å². The van der Waals surface area contributed by atoms with Crippen LogP contribution in [-0.2, 0) is 6.54 Å². The lowest BCUT2D eigenvalue weighted by molar-refractivity contribution is 0.397. The van der Waals surface area contributed by atoms with Gasteiger partial charge in [-0.1, -0.05) is 6.07 Å². The largest absolute Gasteiger partial charge is 0.481 e. The number of nitrogens with zero attached hydrogens (tertiary/aromatic N) is 1. The Bertz CT molecular complexity index is 550. The van der Waals surface area contributed by atoms with Crippen LogP contribution in [0.4, 0.5) is 18.9 Å². The van der Waals surface area contributed by atoms with E-state index in [0.29, 0.717) is 12.4 Å². The monoisotopic (exact) mass is 268 g/mol. The van der Waals surface area contributed by atoms with Crippen molar-refractivity contribution in [3.05, 3.63) is 53.5 Å².